The zero-order chi connectivity index (χ0) is 15.1. The number of carboxylic acids is 1. The Morgan fingerprint density at radius 2 is 1.76 bits per heavy atom. The first-order valence-corrected chi connectivity index (χ1v) is 6.25. The Labute approximate surface area is 119 Å². The molecular formula is C16H11F2NO2. The highest BCUT2D eigenvalue weighted by atomic mass is 19.1. The molecule has 0 fully saturated rings. The molecular weight excluding hydrogens is 276 g/mol. The summed E-state index contributed by atoms with van der Waals surface area (Å²) in [6.45, 7) is 0. The molecule has 0 spiro atoms. The highest BCUT2D eigenvalue weighted by Gasteiger charge is 2.15. The Morgan fingerprint density at radius 3 is 2.38 bits per heavy atom. The second-order valence-electron chi connectivity index (χ2n) is 4.80. The monoisotopic (exact) mass is 287 g/mol. The second kappa shape index (κ2) is 4.70. The van der Waals surface area contributed by atoms with Crippen LogP contribution in [0.1, 0.15) is 10.5 Å². The highest BCUT2D eigenvalue weighted by Crippen LogP contribution is 2.31. The number of fused-ring (bicyclic) bond motifs is 1. The molecule has 0 radical (unpaired) electrons. The van der Waals surface area contributed by atoms with Gasteiger partial charge in [-0.15, -0.1) is 0 Å². The Kier molecular flexibility index (Phi) is 2.97. The molecule has 0 saturated heterocycles. The van der Waals surface area contributed by atoms with Crippen LogP contribution in [0.2, 0.25) is 0 Å². The minimum atomic E-state index is -1.05. The van der Waals surface area contributed by atoms with Gasteiger partial charge in [0.2, 0.25) is 0 Å². The smallest absolute Gasteiger partial charge is 0.352 e. The van der Waals surface area contributed by atoms with Gasteiger partial charge in [0.15, 0.2) is 0 Å². The maximum Gasteiger partial charge on any atom is 0.352 e. The van der Waals surface area contributed by atoms with Crippen LogP contribution < -0.4 is 0 Å². The van der Waals surface area contributed by atoms with Crippen LogP contribution in [0.3, 0.4) is 0 Å². The molecule has 0 amide bonds. The third-order valence-electron chi connectivity index (χ3n) is 3.45. The van der Waals surface area contributed by atoms with Crippen LogP contribution in [-0.2, 0) is 7.05 Å². The van der Waals surface area contributed by atoms with E-state index in [1.54, 1.807) is 25.2 Å². The van der Waals surface area contributed by atoms with E-state index in [0.717, 1.165) is 6.07 Å². The molecule has 3 nitrogen and oxygen atoms in total. The van der Waals surface area contributed by atoms with Gasteiger partial charge >= 0.3 is 5.97 Å². The zero-order valence-electron chi connectivity index (χ0n) is 11.1. The SMILES string of the molecule is Cn1c(C(=O)O)cc2cccc(-c3cc(F)cc(F)c3)c21. The van der Waals surface area contributed by atoms with Gasteiger partial charge in [-0.25, -0.2) is 13.6 Å². The Morgan fingerprint density at radius 1 is 1.10 bits per heavy atom. The standard InChI is InChI=1S/C16H11F2NO2/c1-19-14(16(20)21)7-9-3-2-4-13(15(9)19)10-5-11(17)8-12(18)6-10/h2-8H,1H3,(H,20,21). The first-order valence-electron chi connectivity index (χ1n) is 6.25. The van der Waals surface area contributed by atoms with Crippen molar-refractivity contribution in [3.63, 3.8) is 0 Å². The summed E-state index contributed by atoms with van der Waals surface area (Å²) in [6.07, 6.45) is 0. The van der Waals surface area contributed by atoms with Crippen LogP contribution in [0.15, 0.2) is 42.5 Å². The number of para-hydroxylation sites is 1. The molecule has 1 aromatic heterocycles. The lowest BCUT2D eigenvalue weighted by Crippen LogP contribution is -2.04. The van der Waals surface area contributed by atoms with Crippen molar-refractivity contribution in [2.24, 2.45) is 7.05 Å². The van der Waals surface area contributed by atoms with E-state index in [1.165, 1.54) is 22.8 Å². The van der Waals surface area contributed by atoms with E-state index >= 15 is 0 Å². The van der Waals surface area contributed by atoms with Gasteiger partial charge in [0.1, 0.15) is 17.3 Å². The van der Waals surface area contributed by atoms with Gasteiger partial charge < -0.3 is 9.67 Å². The molecule has 2 aromatic carbocycles. The normalized spacial score (nSPS) is 11.0. The van der Waals surface area contributed by atoms with Gasteiger partial charge in [0, 0.05) is 24.1 Å². The molecule has 1 N–H and O–H groups in total. The van der Waals surface area contributed by atoms with Crippen LogP contribution >= 0.6 is 0 Å². The van der Waals surface area contributed by atoms with Crippen molar-refractivity contribution < 1.29 is 18.7 Å². The van der Waals surface area contributed by atoms with Crippen LogP contribution in [0.25, 0.3) is 22.0 Å². The Hall–Kier alpha value is -2.69. The Balaban J connectivity index is 2.35. The summed E-state index contributed by atoms with van der Waals surface area (Å²) in [5.74, 6) is -2.39. The average molecular weight is 287 g/mol. The maximum atomic E-state index is 13.4. The largest absolute Gasteiger partial charge is 0.477 e. The highest BCUT2D eigenvalue weighted by molar-refractivity contribution is 6.00. The van der Waals surface area contributed by atoms with E-state index in [4.69, 9.17) is 0 Å². The fraction of sp³-hybridized carbons (Fsp3) is 0.0625. The molecule has 0 atom stereocenters. The summed E-state index contributed by atoms with van der Waals surface area (Å²) in [6, 6.07) is 10.00. The number of carboxylic acid groups (broad SMARTS) is 1. The molecule has 1 heterocycles. The minimum Gasteiger partial charge on any atom is -0.477 e. The van der Waals surface area contributed by atoms with Gasteiger partial charge in [-0.1, -0.05) is 18.2 Å². The fourth-order valence-corrected chi connectivity index (χ4v) is 2.56. The number of aromatic nitrogens is 1. The molecule has 0 unspecified atom stereocenters. The summed E-state index contributed by atoms with van der Waals surface area (Å²) in [4.78, 5) is 11.2. The number of hydrogen-bond acceptors (Lipinski definition) is 1. The first-order chi connectivity index (χ1) is 9.97. The van der Waals surface area contributed by atoms with Gasteiger partial charge in [-0.3, -0.25) is 0 Å². The molecule has 106 valence electrons. The van der Waals surface area contributed by atoms with E-state index < -0.39 is 17.6 Å². The van der Waals surface area contributed by atoms with Gasteiger partial charge in [-0.05, 0) is 23.8 Å². The molecule has 3 rings (SSSR count). The average Bonchev–Trinajstić information content (AvgIpc) is 2.75. The van der Waals surface area contributed by atoms with Crippen LogP contribution in [0.5, 0.6) is 0 Å². The topological polar surface area (TPSA) is 42.2 Å². The number of rotatable bonds is 2. The van der Waals surface area contributed by atoms with Crippen molar-refractivity contribution in [1.29, 1.82) is 0 Å². The lowest BCUT2D eigenvalue weighted by molar-refractivity contribution is 0.0687. The summed E-state index contributed by atoms with van der Waals surface area (Å²) >= 11 is 0. The second-order valence-corrected chi connectivity index (χ2v) is 4.80. The van der Waals surface area contributed by atoms with Crippen LogP contribution in [0, 0.1) is 11.6 Å². The third kappa shape index (κ3) is 2.16. The molecule has 0 saturated carbocycles. The van der Waals surface area contributed by atoms with E-state index in [2.05, 4.69) is 0 Å². The quantitative estimate of drug-likeness (QED) is 0.778. The predicted octanol–water partition coefficient (Wildman–Crippen LogP) is 3.82. The number of hydrogen-bond donors (Lipinski definition) is 1. The molecule has 0 aliphatic rings. The fourth-order valence-electron chi connectivity index (χ4n) is 2.56. The Bertz CT molecular complexity index is 848. The summed E-state index contributed by atoms with van der Waals surface area (Å²) in [7, 11) is 1.62. The lowest BCUT2D eigenvalue weighted by Gasteiger charge is -2.08. The number of nitrogens with zero attached hydrogens (tertiary/aromatic N) is 1. The van der Waals surface area contributed by atoms with Crippen molar-refractivity contribution in [2.45, 2.75) is 0 Å². The summed E-state index contributed by atoms with van der Waals surface area (Å²) in [5, 5.41) is 9.88. The first kappa shape index (κ1) is 13.3. The maximum absolute atomic E-state index is 13.4. The number of carbonyl (C=O) groups is 1. The van der Waals surface area contributed by atoms with E-state index in [1.807, 2.05) is 0 Å². The zero-order valence-corrected chi connectivity index (χ0v) is 11.1. The summed E-state index contributed by atoms with van der Waals surface area (Å²) < 4.78 is 28.3. The molecule has 0 aliphatic heterocycles. The van der Waals surface area contributed by atoms with E-state index in [9.17, 15) is 18.7 Å². The number of halogens is 2. The van der Waals surface area contributed by atoms with Gasteiger partial charge in [0.05, 0.1) is 5.52 Å². The third-order valence-corrected chi connectivity index (χ3v) is 3.45. The van der Waals surface area contributed by atoms with Crippen molar-refractivity contribution in [3.8, 4) is 11.1 Å². The molecule has 3 aromatic rings. The minimum absolute atomic E-state index is 0.120. The molecule has 21 heavy (non-hydrogen) atoms. The predicted molar refractivity (Wildman–Crippen MR) is 75.2 cm³/mol. The lowest BCUT2D eigenvalue weighted by atomic mass is 10.0. The van der Waals surface area contributed by atoms with Crippen molar-refractivity contribution in [1.82, 2.24) is 4.57 Å². The summed E-state index contributed by atoms with van der Waals surface area (Å²) in [5.41, 5.74) is 1.70. The molecule has 0 aliphatic carbocycles. The van der Waals surface area contributed by atoms with Crippen molar-refractivity contribution >= 4 is 16.9 Å². The molecule has 5 heteroatoms. The van der Waals surface area contributed by atoms with Crippen LogP contribution in [0.4, 0.5) is 8.78 Å². The number of aromatic carboxylic acids is 1. The van der Waals surface area contributed by atoms with Gasteiger partial charge in [0.25, 0.3) is 0 Å². The number of benzene rings is 2. The number of aryl methyl sites for hydroxylation is 1. The van der Waals surface area contributed by atoms with Crippen molar-refractivity contribution in [2.75, 3.05) is 0 Å². The van der Waals surface area contributed by atoms with Gasteiger partial charge in [-0.2, -0.15) is 0 Å². The van der Waals surface area contributed by atoms with E-state index in [-0.39, 0.29) is 5.69 Å². The van der Waals surface area contributed by atoms with Crippen molar-refractivity contribution in [3.05, 3.63) is 59.8 Å². The van der Waals surface area contributed by atoms with E-state index in [0.29, 0.717) is 22.0 Å². The molecule has 0 bridgehead atoms. The van der Waals surface area contributed by atoms with Crippen LogP contribution in [-0.4, -0.2) is 15.6 Å².